The number of rotatable bonds is 4. The molecule has 0 spiro atoms. The van der Waals surface area contributed by atoms with Gasteiger partial charge in [-0.2, -0.15) is 0 Å². The van der Waals surface area contributed by atoms with Crippen LogP contribution >= 0.6 is 0 Å². The molecule has 0 rings (SSSR count). The van der Waals surface area contributed by atoms with Gasteiger partial charge >= 0.3 is 0 Å². The molecule has 0 aromatic heterocycles. The molecule has 0 heterocycles. The molecule has 0 bridgehead atoms. The van der Waals surface area contributed by atoms with Crippen LogP contribution in [0.25, 0.3) is 0 Å². The predicted octanol–water partition coefficient (Wildman–Crippen LogP) is 22.6. The summed E-state index contributed by atoms with van der Waals surface area (Å²) >= 11 is 0. The summed E-state index contributed by atoms with van der Waals surface area (Å²) in [6.45, 7) is 52.5. The van der Waals surface area contributed by atoms with Crippen LogP contribution in [0, 0.1) is 798 Å². The van der Waals surface area contributed by atoms with Gasteiger partial charge in [0.2, 0.25) is 0 Å². The topological polar surface area (TPSA) is 0 Å². The Balaban J connectivity index is -0.00000000230. The number of hydrogen-bond acceptors (Lipinski definition) is 0. The second kappa shape index (κ2) is 481. The summed E-state index contributed by atoms with van der Waals surface area (Å²) in [5, 5.41) is 0. The van der Waals surface area contributed by atoms with E-state index in [2.05, 4.69) is 104 Å². The third kappa shape index (κ3) is 732. The zero-order chi connectivity index (χ0) is 32.6. The van der Waals surface area contributed by atoms with Crippen LogP contribution in [0.2, 0.25) is 0 Å². The SMILES string of the molecule is C.C.C.C.C.C.C.C.C.CC.CC.CC.CC.CC.CCC.CCC.CCC.CCC(C)C.CCCC.CCCC.CCCC.[Ar].[Ar].[Ar].[Ar].[Ar].[Ar].[Ar].[Ar].[Ar].[Ar].[Ar].[Ar].[Ar].[Ar].[Ar].[Ar].[Ar].[Ar].[Ar].[Ar].[Ar]. The Hall–Kier alpha value is 26.5. The molecule has 0 aromatic carbocycles. The van der Waals surface area contributed by atoms with E-state index in [1.54, 1.807) is 0 Å². The van der Waals surface area contributed by atoms with Crippen molar-refractivity contribution in [2.24, 2.45) is 5.92 Å². The molecule has 0 amide bonds. The van der Waals surface area contributed by atoms with Gasteiger partial charge in [0.1, 0.15) is 0 Å². The molecule has 0 nitrogen and oxygen atoms in total. The van der Waals surface area contributed by atoms with E-state index in [0.29, 0.717) is 0 Å². The van der Waals surface area contributed by atoms with Crippen molar-refractivity contribution >= 4 is 0 Å². The minimum atomic E-state index is 0. The molecule has 0 fully saturated rings. The molecule has 21 heteroatoms. The van der Waals surface area contributed by atoms with E-state index in [1.807, 2.05) is 69.2 Å². The molecule has 0 aromatic rings. The van der Waals surface area contributed by atoms with Gasteiger partial charge in [-0.3, -0.25) is 0 Å². The van der Waals surface area contributed by atoms with Crippen molar-refractivity contribution < 1.29 is 793 Å². The fraction of sp³-hybridized carbons (Fsp3) is 1.00. The molecule has 0 radical (unpaired) electrons. The van der Waals surface area contributed by atoms with Crippen LogP contribution in [0.3, 0.4) is 0 Å². The molecule has 480 valence electrons. The van der Waals surface area contributed by atoms with Crippen molar-refractivity contribution in [2.45, 2.75) is 304 Å². The van der Waals surface area contributed by atoms with Crippen molar-refractivity contribution in [3.05, 3.63) is 0 Å². The fourth-order valence-electron chi connectivity index (χ4n) is 0. The largest absolute Gasteiger partial charge is 0.0776 e. The second-order valence-corrected chi connectivity index (χ2v) is 6.92. The summed E-state index contributed by atoms with van der Waals surface area (Å²) in [5.74, 6) is 0.884. The molecular weight excluding hydrogens is 1380 g/mol. The normalized spacial score (nSPS) is 3.36. The van der Waals surface area contributed by atoms with Crippen LogP contribution < -0.4 is 0 Å². The van der Waals surface area contributed by atoms with E-state index in [4.69, 9.17) is 0 Å². The third-order valence-electron chi connectivity index (χ3n) is 2.32. The van der Waals surface area contributed by atoms with Gasteiger partial charge in [0.25, 0.3) is 0 Å². The minimum Gasteiger partial charge on any atom is -0.0776 e. The van der Waals surface area contributed by atoms with Crippen molar-refractivity contribution in [1.29, 1.82) is 0 Å². The minimum absolute atomic E-state index is 0. The fourth-order valence-corrected chi connectivity index (χ4v) is 0. The maximum atomic E-state index is 2.22. The zero-order valence-electron chi connectivity index (χ0n) is 40.1. The van der Waals surface area contributed by atoms with Crippen LogP contribution in [0.4, 0.5) is 0 Å². The van der Waals surface area contributed by atoms with Crippen LogP contribution in [-0.4, -0.2) is 0 Å². The number of unbranched alkanes of at least 4 members (excludes halogenated alkanes) is 3. The van der Waals surface area contributed by atoms with Crippen LogP contribution in [-0.2, 0) is 0 Å². The van der Waals surface area contributed by atoms with Gasteiger partial charge in [-0.25, -0.2) is 0 Å². The Morgan fingerprint density at radius 2 is 0.212 bits per heavy atom. The van der Waals surface area contributed by atoms with Crippen molar-refractivity contribution in [1.82, 2.24) is 0 Å². The molecule has 0 N–H and O–H groups in total. The maximum absolute atomic E-state index is 2.22. The van der Waals surface area contributed by atoms with E-state index in [-0.39, 0.29) is 859 Å². The predicted molar refractivity (Wildman–Crippen MR) is 252 cm³/mol. The molecule has 0 aliphatic carbocycles. The zero-order valence-corrected chi connectivity index (χ0v) is 54.9. The van der Waals surface area contributed by atoms with Crippen molar-refractivity contribution in [3.8, 4) is 0 Å². The standard InChI is InChI=1S/C5H12.3C4H10.3C3H8.5C2H6.9CH4.21Ar/c1-4-5(2)3;3*1-3-4-2;3*1-3-2;5*1-2;;;;;;;;;;;;;;;;;;;;;;;;;;;;;;/h5H,4H2,1-3H3;3*3-4H2,1-2H3;3*3H2,1-2H3;5*1-2H3;9*1H4;;;;;;;;;;;;;;;;;;;;;. The molecule has 0 aliphatic heterocycles. The molecule has 0 saturated carbocycles. The van der Waals surface area contributed by atoms with Gasteiger partial charge in [0, 0.05) is 793 Å². The smallest absolute Gasteiger partial charge is 0 e. The Kier molecular flexibility index (Phi) is 2210. The molecule has 0 saturated heterocycles. The van der Waals surface area contributed by atoms with E-state index in [0.717, 1.165) is 5.92 Å². The first-order valence-corrected chi connectivity index (χ1v) is 17.3. The molecule has 0 unspecified atom stereocenters. The average Bonchev–Trinajstić information content (AvgIpc) is 2.96. The van der Waals surface area contributed by atoms with Crippen molar-refractivity contribution in [3.63, 3.8) is 0 Å². The molecule has 0 aliphatic rings. The summed E-state index contributed by atoms with van der Waals surface area (Å²) in [6.07, 6.45) is 13.0. The van der Waals surface area contributed by atoms with Crippen molar-refractivity contribution in [2.75, 3.05) is 0 Å². The summed E-state index contributed by atoms with van der Waals surface area (Å²) in [5.41, 5.74) is 0. The summed E-state index contributed by atoms with van der Waals surface area (Å²) in [4.78, 5) is 0. The number of hydrogen-bond donors (Lipinski definition) is 0. The first-order chi connectivity index (χ1) is 17.3. The van der Waals surface area contributed by atoms with Gasteiger partial charge in [-0.05, 0) is 5.92 Å². The summed E-state index contributed by atoms with van der Waals surface area (Å²) in [6, 6.07) is 0. The monoisotopic (exact) mass is 1510 g/mol. The van der Waals surface area contributed by atoms with E-state index >= 15 is 0 Å². The second-order valence-electron chi connectivity index (χ2n) is 6.92. The third-order valence-corrected chi connectivity index (χ3v) is 2.32. The molecule has 0 atom stereocenters. The van der Waals surface area contributed by atoms with Crippen LogP contribution in [0.15, 0.2) is 0 Å². The first-order valence-electron chi connectivity index (χ1n) is 17.3. The quantitative estimate of drug-likeness (QED) is 0.263. The molecule has 66 heavy (non-hydrogen) atoms. The van der Waals surface area contributed by atoms with Gasteiger partial charge in [0.05, 0.1) is 0 Å². The molecular formula is C45H132Ar21. The van der Waals surface area contributed by atoms with E-state index < -0.39 is 0 Å². The van der Waals surface area contributed by atoms with E-state index in [1.165, 1.54) is 64.2 Å². The van der Waals surface area contributed by atoms with Gasteiger partial charge < -0.3 is 0 Å². The van der Waals surface area contributed by atoms with Gasteiger partial charge in [-0.1, -0.05) is 304 Å². The first kappa shape index (κ1) is 304. The Labute approximate surface area is 1070 Å². The Morgan fingerprint density at radius 3 is 0.212 bits per heavy atom. The van der Waals surface area contributed by atoms with Gasteiger partial charge in [0.15, 0.2) is 0 Å². The van der Waals surface area contributed by atoms with Crippen LogP contribution in [0.5, 0.6) is 0 Å². The summed E-state index contributed by atoms with van der Waals surface area (Å²) < 4.78 is 0. The summed E-state index contributed by atoms with van der Waals surface area (Å²) in [7, 11) is 0. The Morgan fingerprint density at radius 1 is 0.182 bits per heavy atom. The average molecular weight is 1510 g/mol. The Bertz CT molecular complexity index is 134. The van der Waals surface area contributed by atoms with Gasteiger partial charge in [-0.15, -0.1) is 0 Å². The maximum Gasteiger partial charge on any atom is 0 e. The van der Waals surface area contributed by atoms with E-state index in [9.17, 15) is 0 Å². The van der Waals surface area contributed by atoms with Crippen LogP contribution in [0.1, 0.15) is 304 Å².